The Hall–Kier alpha value is -2.04. The van der Waals surface area contributed by atoms with Gasteiger partial charge in [0.2, 0.25) is 0 Å². The van der Waals surface area contributed by atoms with Gasteiger partial charge in [-0.05, 0) is 24.0 Å². The number of urea groups is 1. The average molecular weight is 278 g/mol. The van der Waals surface area contributed by atoms with Crippen LogP contribution < -0.4 is 10.6 Å². The van der Waals surface area contributed by atoms with Gasteiger partial charge >= 0.3 is 12.0 Å². The monoisotopic (exact) mass is 278 g/mol. The van der Waals surface area contributed by atoms with Crippen molar-refractivity contribution in [1.82, 2.24) is 5.32 Å². The van der Waals surface area contributed by atoms with Crippen LogP contribution in [0.5, 0.6) is 0 Å². The molecule has 1 aromatic rings. The molecule has 2 amide bonds. The molecule has 0 saturated heterocycles. The quantitative estimate of drug-likeness (QED) is 0.748. The molecule has 110 valence electrons. The maximum Gasteiger partial charge on any atom is 0.319 e. The Morgan fingerprint density at radius 3 is 2.45 bits per heavy atom. The molecule has 1 atom stereocenters. The highest BCUT2D eigenvalue weighted by Gasteiger charge is 2.12. The Labute approximate surface area is 119 Å². The molecule has 1 unspecified atom stereocenters. The first-order valence-electron chi connectivity index (χ1n) is 6.78. The maximum atomic E-state index is 11.8. The number of hydrogen-bond donors (Lipinski definition) is 3. The molecule has 0 radical (unpaired) electrons. The summed E-state index contributed by atoms with van der Waals surface area (Å²) in [5, 5.41) is 14.2. The highest BCUT2D eigenvalue weighted by molar-refractivity contribution is 5.90. The van der Waals surface area contributed by atoms with Crippen molar-refractivity contribution in [3.8, 4) is 0 Å². The van der Waals surface area contributed by atoms with Gasteiger partial charge in [-0.1, -0.05) is 39.0 Å². The Morgan fingerprint density at radius 2 is 1.85 bits per heavy atom. The Morgan fingerprint density at radius 1 is 1.20 bits per heavy atom. The van der Waals surface area contributed by atoms with Crippen molar-refractivity contribution in [1.29, 1.82) is 0 Å². The van der Waals surface area contributed by atoms with Gasteiger partial charge in [0.05, 0.1) is 5.92 Å². The number of hydrogen-bond acceptors (Lipinski definition) is 2. The summed E-state index contributed by atoms with van der Waals surface area (Å²) in [5.41, 5.74) is 1.85. The molecule has 0 aliphatic rings. The third-order valence-electron chi connectivity index (χ3n) is 3.12. The van der Waals surface area contributed by atoms with Crippen LogP contribution in [-0.4, -0.2) is 23.7 Å². The summed E-state index contributed by atoms with van der Waals surface area (Å²) in [6, 6.07) is 7.33. The van der Waals surface area contributed by atoms with E-state index in [0.29, 0.717) is 18.9 Å². The van der Waals surface area contributed by atoms with E-state index in [4.69, 9.17) is 5.11 Å². The third kappa shape index (κ3) is 4.91. The molecular formula is C15H22N2O3. The largest absolute Gasteiger partial charge is 0.481 e. The summed E-state index contributed by atoms with van der Waals surface area (Å²) in [4.78, 5) is 22.4. The highest BCUT2D eigenvalue weighted by atomic mass is 16.4. The van der Waals surface area contributed by atoms with Crippen LogP contribution >= 0.6 is 0 Å². The van der Waals surface area contributed by atoms with Gasteiger partial charge in [0.25, 0.3) is 0 Å². The lowest BCUT2D eigenvalue weighted by atomic mass is 10.0. The molecule has 0 saturated carbocycles. The van der Waals surface area contributed by atoms with Crippen LogP contribution in [0.4, 0.5) is 10.5 Å². The molecule has 3 N–H and O–H groups in total. The molecule has 0 aliphatic carbocycles. The number of rotatable bonds is 6. The highest BCUT2D eigenvalue weighted by Crippen LogP contribution is 2.23. The van der Waals surface area contributed by atoms with E-state index in [2.05, 4.69) is 24.5 Å². The van der Waals surface area contributed by atoms with E-state index >= 15 is 0 Å². The fourth-order valence-electron chi connectivity index (χ4n) is 1.81. The van der Waals surface area contributed by atoms with E-state index in [-0.39, 0.29) is 6.03 Å². The van der Waals surface area contributed by atoms with Crippen LogP contribution in [0.3, 0.4) is 0 Å². The molecule has 5 nitrogen and oxygen atoms in total. The second-order valence-corrected chi connectivity index (χ2v) is 5.15. The number of carbonyl (C=O) groups is 2. The first-order valence-corrected chi connectivity index (χ1v) is 6.78. The molecule has 0 bridgehead atoms. The van der Waals surface area contributed by atoms with Crippen LogP contribution in [0.15, 0.2) is 24.3 Å². The van der Waals surface area contributed by atoms with Gasteiger partial charge < -0.3 is 15.7 Å². The number of anilines is 1. The van der Waals surface area contributed by atoms with Gasteiger partial charge in [-0.25, -0.2) is 4.79 Å². The zero-order chi connectivity index (χ0) is 15.1. The average Bonchev–Trinajstić information content (AvgIpc) is 2.38. The summed E-state index contributed by atoms with van der Waals surface area (Å²) < 4.78 is 0. The zero-order valence-corrected chi connectivity index (χ0v) is 12.1. The van der Waals surface area contributed by atoms with Crippen LogP contribution in [0, 0.1) is 5.92 Å². The summed E-state index contributed by atoms with van der Waals surface area (Å²) in [6.07, 6.45) is 0.411. The van der Waals surface area contributed by atoms with Gasteiger partial charge in [0, 0.05) is 12.2 Å². The number of benzene rings is 1. The minimum atomic E-state index is -0.850. The van der Waals surface area contributed by atoms with E-state index in [1.807, 2.05) is 24.3 Å². The SMILES string of the molecule is CC(CCNC(=O)Nc1ccccc1C(C)C)C(=O)O. The van der Waals surface area contributed by atoms with Gasteiger partial charge in [0.15, 0.2) is 0 Å². The standard InChI is InChI=1S/C15H22N2O3/c1-10(2)12-6-4-5-7-13(12)17-15(20)16-9-8-11(3)14(18)19/h4-7,10-11H,8-9H2,1-3H3,(H,18,19)(H2,16,17,20). The lowest BCUT2D eigenvalue weighted by molar-refractivity contribution is -0.141. The predicted octanol–water partition coefficient (Wildman–Crippen LogP) is 3.04. The molecule has 0 aliphatic heterocycles. The number of carbonyl (C=O) groups excluding carboxylic acids is 1. The van der Waals surface area contributed by atoms with E-state index in [1.54, 1.807) is 6.92 Å². The van der Waals surface area contributed by atoms with Crippen molar-refractivity contribution >= 4 is 17.7 Å². The summed E-state index contributed by atoms with van der Waals surface area (Å²) in [6.45, 7) is 6.08. The summed E-state index contributed by atoms with van der Waals surface area (Å²) in [5.74, 6) is -0.992. The molecule has 0 spiro atoms. The minimum Gasteiger partial charge on any atom is -0.481 e. The number of nitrogens with one attached hydrogen (secondary N) is 2. The molecule has 0 aromatic heterocycles. The van der Waals surface area contributed by atoms with Crippen molar-refractivity contribution < 1.29 is 14.7 Å². The fourth-order valence-corrected chi connectivity index (χ4v) is 1.81. The number of para-hydroxylation sites is 1. The topological polar surface area (TPSA) is 78.4 Å². The van der Waals surface area contributed by atoms with E-state index in [1.165, 1.54) is 0 Å². The van der Waals surface area contributed by atoms with Crippen molar-refractivity contribution in [2.75, 3.05) is 11.9 Å². The van der Waals surface area contributed by atoms with Crippen molar-refractivity contribution in [3.63, 3.8) is 0 Å². The molecule has 0 heterocycles. The molecule has 1 rings (SSSR count). The van der Waals surface area contributed by atoms with Crippen LogP contribution in [0.2, 0.25) is 0 Å². The van der Waals surface area contributed by atoms with Gasteiger partial charge in [-0.2, -0.15) is 0 Å². The summed E-state index contributed by atoms with van der Waals surface area (Å²) >= 11 is 0. The lowest BCUT2D eigenvalue weighted by Gasteiger charge is -2.14. The second kappa shape index (κ2) is 7.53. The van der Waals surface area contributed by atoms with E-state index in [9.17, 15) is 9.59 Å². The number of carboxylic acid groups (broad SMARTS) is 1. The number of carboxylic acids is 1. The van der Waals surface area contributed by atoms with E-state index < -0.39 is 11.9 Å². The zero-order valence-electron chi connectivity index (χ0n) is 12.1. The molecular weight excluding hydrogens is 256 g/mol. The number of aliphatic carboxylic acids is 1. The van der Waals surface area contributed by atoms with Crippen LogP contribution in [-0.2, 0) is 4.79 Å². The Kier molecular flexibility index (Phi) is 6.03. The number of amides is 2. The predicted molar refractivity (Wildman–Crippen MR) is 79.0 cm³/mol. The third-order valence-corrected chi connectivity index (χ3v) is 3.12. The van der Waals surface area contributed by atoms with Crippen molar-refractivity contribution in [2.24, 2.45) is 5.92 Å². The smallest absolute Gasteiger partial charge is 0.319 e. The van der Waals surface area contributed by atoms with Gasteiger partial charge in [-0.3, -0.25) is 4.79 Å². The lowest BCUT2D eigenvalue weighted by Crippen LogP contribution is -2.31. The van der Waals surface area contributed by atoms with Crippen molar-refractivity contribution in [3.05, 3.63) is 29.8 Å². The van der Waals surface area contributed by atoms with Crippen LogP contribution in [0.1, 0.15) is 38.7 Å². The van der Waals surface area contributed by atoms with Gasteiger partial charge in [0.1, 0.15) is 0 Å². The first kappa shape index (κ1) is 16.0. The van der Waals surface area contributed by atoms with E-state index in [0.717, 1.165) is 11.3 Å². The molecule has 1 aromatic carbocycles. The minimum absolute atomic E-state index is 0.310. The van der Waals surface area contributed by atoms with Crippen molar-refractivity contribution in [2.45, 2.75) is 33.1 Å². The van der Waals surface area contributed by atoms with Gasteiger partial charge in [-0.15, -0.1) is 0 Å². The molecule has 0 fully saturated rings. The molecule has 5 heteroatoms. The second-order valence-electron chi connectivity index (χ2n) is 5.15. The first-order chi connectivity index (χ1) is 9.41. The molecule has 20 heavy (non-hydrogen) atoms. The summed E-state index contributed by atoms with van der Waals surface area (Å²) in [7, 11) is 0. The normalized spacial score (nSPS) is 12.0. The Balaban J connectivity index is 2.49. The fraction of sp³-hybridized carbons (Fsp3) is 0.467. The Bertz CT molecular complexity index is 472. The van der Waals surface area contributed by atoms with Crippen LogP contribution in [0.25, 0.3) is 0 Å². The maximum absolute atomic E-state index is 11.8.